The lowest BCUT2D eigenvalue weighted by Crippen LogP contribution is -2.47. The van der Waals surface area contributed by atoms with Gasteiger partial charge in [-0.15, -0.1) is 0 Å². The van der Waals surface area contributed by atoms with E-state index in [0.29, 0.717) is 19.5 Å². The average Bonchev–Trinajstić information content (AvgIpc) is 2.62. The molecule has 24 heavy (non-hydrogen) atoms. The largest absolute Gasteiger partial charge is 0.282 e. The molecule has 0 aliphatic carbocycles. The summed E-state index contributed by atoms with van der Waals surface area (Å²) in [5.41, 5.74) is 3.53. The van der Waals surface area contributed by atoms with Crippen LogP contribution in [0.5, 0.6) is 0 Å². The summed E-state index contributed by atoms with van der Waals surface area (Å²) in [6, 6.07) is 18.2. The van der Waals surface area contributed by atoms with E-state index in [4.69, 9.17) is 0 Å². The van der Waals surface area contributed by atoms with E-state index in [0.717, 1.165) is 17.5 Å². The number of nitrogens with zero attached hydrogens (tertiary/aromatic N) is 2. The van der Waals surface area contributed by atoms with Crippen LogP contribution in [-0.4, -0.2) is 37.2 Å². The first-order valence-electron chi connectivity index (χ1n) is 8.39. The maximum Gasteiger partial charge on any atom is 0.282 e. The standard InChI is InChI=1S/C19H24N2O2S/c1-3-20(2)24(22,23)21-14-13-17-11-7-8-12-18(17)19(21)15-16-9-5-4-6-10-16/h4-12,19H,3,13-15H2,1-2H3/t19-/m1/s1. The lowest BCUT2D eigenvalue weighted by atomic mass is 9.90. The van der Waals surface area contributed by atoms with Gasteiger partial charge in [0.15, 0.2) is 0 Å². The number of hydrogen-bond acceptors (Lipinski definition) is 2. The second-order valence-corrected chi connectivity index (χ2v) is 8.18. The van der Waals surface area contributed by atoms with E-state index in [-0.39, 0.29) is 6.04 Å². The van der Waals surface area contributed by atoms with E-state index >= 15 is 0 Å². The highest BCUT2D eigenvalue weighted by Crippen LogP contribution is 2.35. The van der Waals surface area contributed by atoms with Gasteiger partial charge >= 0.3 is 0 Å². The summed E-state index contributed by atoms with van der Waals surface area (Å²) in [5.74, 6) is 0. The summed E-state index contributed by atoms with van der Waals surface area (Å²) in [6.45, 7) is 2.86. The van der Waals surface area contributed by atoms with Crippen molar-refractivity contribution >= 4 is 10.2 Å². The molecule has 0 radical (unpaired) electrons. The quantitative estimate of drug-likeness (QED) is 0.836. The van der Waals surface area contributed by atoms with Crippen molar-refractivity contribution in [1.29, 1.82) is 0 Å². The molecule has 1 heterocycles. The van der Waals surface area contributed by atoms with E-state index in [1.165, 1.54) is 9.87 Å². The van der Waals surface area contributed by atoms with Crippen LogP contribution in [0.1, 0.15) is 29.7 Å². The van der Waals surface area contributed by atoms with Gasteiger partial charge in [0.05, 0.1) is 6.04 Å². The summed E-state index contributed by atoms with van der Waals surface area (Å²) in [4.78, 5) is 0. The summed E-state index contributed by atoms with van der Waals surface area (Å²) in [5, 5.41) is 0. The van der Waals surface area contributed by atoms with Gasteiger partial charge in [-0.05, 0) is 29.5 Å². The molecule has 0 saturated carbocycles. The third-order valence-corrected chi connectivity index (χ3v) is 6.85. The predicted octanol–water partition coefficient (Wildman–Crippen LogP) is 3.03. The monoisotopic (exact) mass is 344 g/mol. The Bertz CT molecular complexity index is 790. The molecule has 0 spiro atoms. The topological polar surface area (TPSA) is 40.6 Å². The molecule has 0 N–H and O–H groups in total. The first kappa shape index (κ1) is 17.1. The number of hydrogen-bond donors (Lipinski definition) is 0. The van der Waals surface area contributed by atoms with Gasteiger partial charge in [-0.2, -0.15) is 17.0 Å². The van der Waals surface area contributed by atoms with Crippen molar-refractivity contribution in [2.45, 2.75) is 25.8 Å². The first-order valence-corrected chi connectivity index (χ1v) is 9.78. The van der Waals surface area contributed by atoms with Gasteiger partial charge in [0.1, 0.15) is 0 Å². The summed E-state index contributed by atoms with van der Waals surface area (Å²) >= 11 is 0. The molecule has 0 fully saturated rings. The Morgan fingerprint density at radius 3 is 2.46 bits per heavy atom. The van der Waals surface area contributed by atoms with Crippen molar-refractivity contribution in [3.8, 4) is 0 Å². The van der Waals surface area contributed by atoms with Crippen LogP contribution in [0, 0.1) is 0 Å². The van der Waals surface area contributed by atoms with Crippen molar-refractivity contribution < 1.29 is 8.42 Å². The molecule has 0 saturated heterocycles. The SMILES string of the molecule is CCN(C)S(=O)(=O)N1CCc2ccccc2[C@H]1Cc1ccccc1. The van der Waals surface area contributed by atoms with Gasteiger partial charge in [-0.1, -0.05) is 61.5 Å². The number of rotatable bonds is 5. The fraction of sp³-hybridized carbons (Fsp3) is 0.368. The zero-order chi connectivity index (χ0) is 17.2. The zero-order valence-electron chi connectivity index (χ0n) is 14.2. The molecule has 1 atom stereocenters. The van der Waals surface area contributed by atoms with Crippen molar-refractivity contribution in [2.24, 2.45) is 0 Å². The van der Waals surface area contributed by atoms with Crippen LogP contribution in [0.2, 0.25) is 0 Å². The van der Waals surface area contributed by atoms with Crippen LogP contribution in [0.3, 0.4) is 0 Å². The third-order valence-electron chi connectivity index (χ3n) is 4.77. The average molecular weight is 344 g/mol. The van der Waals surface area contributed by atoms with E-state index in [2.05, 4.69) is 24.3 Å². The van der Waals surface area contributed by atoms with Gasteiger partial charge < -0.3 is 0 Å². The lowest BCUT2D eigenvalue weighted by Gasteiger charge is -2.38. The van der Waals surface area contributed by atoms with Gasteiger partial charge in [0.2, 0.25) is 0 Å². The van der Waals surface area contributed by atoms with Crippen LogP contribution in [0.15, 0.2) is 54.6 Å². The Balaban J connectivity index is 2.02. The fourth-order valence-electron chi connectivity index (χ4n) is 3.30. The normalized spacial score (nSPS) is 18.5. The highest BCUT2D eigenvalue weighted by molar-refractivity contribution is 7.86. The Kier molecular flexibility index (Phi) is 5.04. The third kappa shape index (κ3) is 3.24. The van der Waals surface area contributed by atoms with Gasteiger partial charge in [0, 0.05) is 20.1 Å². The highest BCUT2D eigenvalue weighted by Gasteiger charge is 2.37. The smallest absolute Gasteiger partial charge is 0.195 e. The Hall–Kier alpha value is -1.69. The minimum atomic E-state index is -3.46. The molecule has 3 rings (SSSR count). The van der Waals surface area contributed by atoms with Crippen LogP contribution in [0.4, 0.5) is 0 Å². The fourth-order valence-corrected chi connectivity index (χ4v) is 4.81. The molecule has 2 aromatic carbocycles. The maximum atomic E-state index is 13.0. The molecular formula is C19H24N2O2S. The Morgan fingerprint density at radius 2 is 1.75 bits per heavy atom. The van der Waals surface area contributed by atoms with E-state index in [9.17, 15) is 8.42 Å². The maximum absolute atomic E-state index is 13.0. The van der Waals surface area contributed by atoms with Gasteiger partial charge in [-0.25, -0.2) is 0 Å². The van der Waals surface area contributed by atoms with Gasteiger partial charge in [0.25, 0.3) is 10.2 Å². The Morgan fingerprint density at radius 1 is 1.08 bits per heavy atom. The highest BCUT2D eigenvalue weighted by atomic mass is 32.2. The number of fused-ring (bicyclic) bond motifs is 1. The molecule has 4 nitrogen and oxygen atoms in total. The van der Waals surface area contributed by atoms with Crippen molar-refractivity contribution in [3.05, 3.63) is 71.3 Å². The molecule has 0 bridgehead atoms. The molecule has 1 aliphatic rings. The molecule has 5 heteroatoms. The Labute approximate surface area is 144 Å². The zero-order valence-corrected chi connectivity index (χ0v) is 15.0. The molecular weight excluding hydrogens is 320 g/mol. The van der Waals surface area contributed by atoms with Crippen molar-refractivity contribution in [1.82, 2.24) is 8.61 Å². The van der Waals surface area contributed by atoms with Crippen LogP contribution < -0.4 is 0 Å². The van der Waals surface area contributed by atoms with Crippen LogP contribution in [0.25, 0.3) is 0 Å². The second-order valence-electron chi connectivity index (χ2n) is 6.19. The molecule has 0 aromatic heterocycles. The van der Waals surface area contributed by atoms with Crippen molar-refractivity contribution in [3.63, 3.8) is 0 Å². The first-order chi connectivity index (χ1) is 11.5. The molecule has 2 aromatic rings. The molecule has 128 valence electrons. The van der Waals surface area contributed by atoms with Gasteiger partial charge in [-0.3, -0.25) is 0 Å². The summed E-state index contributed by atoms with van der Waals surface area (Å²) in [7, 11) is -1.81. The molecule has 0 amide bonds. The number of benzene rings is 2. The summed E-state index contributed by atoms with van der Waals surface area (Å²) < 4.78 is 29.1. The minimum Gasteiger partial charge on any atom is -0.195 e. The van der Waals surface area contributed by atoms with Crippen LogP contribution in [-0.2, 0) is 23.1 Å². The summed E-state index contributed by atoms with van der Waals surface area (Å²) in [6.07, 6.45) is 1.45. The minimum absolute atomic E-state index is 0.156. The molecule has 1 aliphatic heterocycles. The van der Waals surface area contributed by atoms with E-state index in [1.54, 1.807) is 11.4 Å². The van der Waals surface area contributed by atoms with E-state index in [1.807, 2.05) is 37.3 Å². The second kappa shape index (κ2) is 7.05. The van der Waals surface area contributed by atoms with Crippen molar-refractivity contribution in [2.75, 3.05) is 20.1 Å². The predicted molar refractivity (Wildman–Crippen MR) is 97.0 cm³/mol. The van der Waals surface area contributed by atoms with E-state index < -0.39 is 10.2 Å². The van der Waals surface area contributed by atoms with Crippen LogP contribution >= 0.6 is 0 Å². The molecule has 0 unspecified atom stereocenters. The lowest BCUT2D eigenvalue weighted by molar-refractivity contribution is 0.282.